The van der Waals surface area contributed by atoms with E-state index >= 15 is 0 Å². The summed E-state index contributed by atoms with van der Waals surface area (Å²) in [4.78, 5) is 22.2. The molecule has 0 aromatic heterocycles. The van der Waals surface area contributed by atoms with E-state index in [2.05, 4.69) is 4.74 Å². The first-order valence-electron chi connectivity index (χ1n) is 5.48. The van der Waals surface area contributed by atoms with Crippen LogP contribution in [0.4, 0.5) is 0 Å². The predicted molar refractivity (Wildman–Crippen MR) is 60.9 cm³/mol. The third kappa shape index (κ3) is 2.30. The molecule has 4 heteroatoms. The Bertz CT molecular complexity index is 460. The van der Waals surface area contributed by atoms with E-state index in [0.29, 0.717) is 5.56 Å². The number of ether oxygens (including phenoxy) is 1. The molecule has 1 aliphatic carbocycles. The molecular formula is C13H14O4. The number of benzene rings is 1. The van der Waals surface area contributed by atoms with Crippen LogP contribution in [0.3, 0.4) is 0 Å². The zero-order valence-electron chi connectivity index (χ0n) is 9.60. The molecule has 1 saturated carbocycles. The lowest BCUT2D eigenvalue weighted by Crippen LogP contribution is -2.14. The number of carboxylic acids is 1. The van der Waals surface area contributed by atoms with Gasteiger partial charge in [0.05, 0.1) is 19.1 Å². The molecule has 0 heterocycles. The van der Waals surface area contributed by atoms with Gasteiger partial charge < -0.3 is 9.84 Å². The van der Waals surface area contributed by atoms with Crippen LogP contribution in [0, 0.1) is 0 Å². The molecule has 0 amide bonds. The van der Waals surface area contributed by atoms with Crippen molar-refractivity contribution >= 4 is 11.9 Å². The first-order chi connectivity index (χ1) is 8.07. The fraction of sp³-hybridized carbons (Fsp3) is 0.385. The topological polar surface area (TPSA) is 63.6 Å². The summed E-state index contributed by atoms with van der Waals surface area (Å²) >= 11 is 0. The first kappa shape index (κ1) is 11.6. The Hall–Kier alpha value is -1.84. The van der Waals surface area contributed by atoms with Gasteiger partial charge in [0.25, 0.3) is 0 Å². The number of hydrogen-bond donors (Lipinski definition) is 1. The van der Waals surface area contributed by atoms with E-state index < -0.39 is 11.9 Å². The highest BCUT2D eigenvalue weighted by molar-refractivity contribution is 5.89. The molecule has 1 aromatic carbocycles. The minimum Gasteiger partial charge on any atom is -0.481 e. The van der Waals surface area contributed by atoms with Crippen LogP contribution in [0.25, 0.3) is 0 Å². The maximum absolute atomic E-state index is 11.4. The average molecular weight is 234 g/mol. The third-order valence-corrected chi connectivity index (χ3v) is 3.24. The van der Waals surface area contributed by atoms with E-state index in [1.165, 1.54) is 7.11 Å². The zero-order chi connectivity index (χ0) is 12.5. The van der Waals surface area contributed by atoms with Gasteiger partial charge in [-0.2, -0.15) is 0 Å². The van der Waals surface area contributed by atoms with Crippen LogP contribution in [-0.4, -0.2) is 24.2 Å². The van der Waals surface area contributed by atoms with Gasteiger partial charge in [-0.05, 0) is 30.5 Å². The minimum atomic E-state index is -0.800. The average Bonchev–Trinajstić information content (AvgIpc) is 3.08. The van der Waals surface area contributed by atoms with E-state index in [-0.39, 0.29) is 11.8 Å². The monoisotopic (exact) mass is 234 g/mol. The van der Waals surface area contributed by atoms with E-state index in [9.17, 15) is 9.59 Å². The highest BCUT2D eigenvalue weighted by Gasteiger charge is 2.46. The highest BCUT2D eigenvalue weighted by atomic mass is 16.5. The molecule has 0 radical (unpaired) electrons. The summed E-state index contributed by atoms with van der Waals surface area (Å²) in [6.45, 7) is 0. The number of carbonyl (C=O) groups excluding carboxylic acids is 1. The number of carboxylic acid groups (broad SMARTS) is 1. The van der Waals surface area contributed by atoms with Gasteiger partial charge in [-0.3, -0.25) is 4.79 Å². The van der Waals surface area contributed by atoms with Crippen molar-refractivity contribution in [3.05, 3.63) is 35.4 Å². The SMILES string of the molecule is COC(=O)c1cccc(C2(CC(=O)O)CC2)c1. The Kier molecular flexibility index (Phi) is 2.88. The second kappa shape index (κ2) is 4.20. The lowest BCUT2D eigenvalue weighted by Gasteiger charge is -2.13. The quantitative estimate of drug-likeness (QED) is 0.809. The second-order valence-electron chi connectivity index (χ2n) is 4.42. The summed E-state index contributed by atoms with van der Waals surface area (Å²) in [5.41, 5.74) is 1.13. The van der Waals surface area contributed by atoms with Gasteiger partial charge in [0.15, 0.2) is 0 Å². The number of hydrogen-bond acceptors (Lipinski definition) is 3. The Labute approximate surface area is 99.2 Å². The van der Waals surface area contributed by atoms with Crippen molar-refractivity contribution in [3.63, 3.8) is 0 Å². The molecule has 0 atom stereocenters. The number of methoxy groups -OCH3 is 1. The van der Waals surface area contributed by atoms with Crippen LogP contribution in [0.1, 0.15) is 35.2 Å². The molecular weight excluding hydrogens is 220 g/mol. The van der Waals surface area contributed by atoms with Gasteiger partial charge in [-0.1, -0.05) is 12.1 Å². The smallest absolute Gasteiger partial charge is 0.337 e. The normalized spacial score (nSPS) is 16.3. The lowest BCUT2D eigenvalue weighted by molar-refractivity contribution is -0.137. The van der Waals surface area contributed by atoms with Crippen LogP contribution in [0.5, 0.6) is 0 Å². The number of aliphatic carboxylic acids is 1. The molecule has 0 bridgehead atoms. The van der Waals surface area contributed by atoms with Crippen molar-refractivity contribution in [2.45, 2.75) is 24.7 Å². The Morgan fingerprint density at radius 2 is 2.12 bits per heavy atom. The fourth-order valence-electron chi connectivity index (χ4n) is 2.10. The van der Waals surface area contributed by atoms with Gasteiger partial charge in [-0.15, -0.1) is 0 Å². The van der Waals surface area contributed by atoms with E-state index in [1.54, 1.807) is 18.2 Å². The molecule has 1 fully saturated rings. The van der Waals surface area contributed by atoms with E-state index in [0.717, 1.165) is 18.4 Å². The van der Waals surface area contributed by atoms with Crippen LogP contribution >= 0.6 is 0 Å². The molecule has 0 unspecified atom stereocenters. The molecule has 90 valence electrons. The van der Waals surface area contributed by atoms with Crippen LogP contribution < -0.4 is 0 Å². The van der Waals surface area contributed by atoms with E-state index in [4.69, 9.17) is 5.11 Å². The summed E-state index contributed by atoms with van der Waals surface area (Å²) < 4.78 is 4.65. The van der Waals surface area contributed by atoms with Crippen molar-refractivity contribution in [2.24, 2.45) is 0 Å². The van der Waals surface area contributed by atoms with Crippen molar-refractivity contribution in [3.8, 4) is 0 Å². The highest BCUT2D eigenvalue weighted by Crippen LogP contribution is 2.51. The fourth-order valence-corrected chi connectivity index (χ4v) is 2.10. The van der Waals surface area contributed by atoms with Crippen molar-refractivity contribution < 1.29 is 19.4 Å². The standard InChI is InChI=1S/C13H14O4/c1-17-12(16)9-3-2-4-10(7-9)13(5-6-13)8-11(14)15/h2-4,7H,5-6,8H2,1H3,(H,14,15). The maximum Gasteiger partial charge on any atom is 0.337 e. The summed E-state index contributed by atoms with van der Waals surface area (Å²) in [6.07, 6.45) is 1.85. The summed E-state index contributed by atoms with van der Waals surface area (Å²) in [6, 6.07) is 7.06. The molecule has 1 N–H and O–H groups in total. The Morgan fingerprint density at radius 1 is 1.41 bits per heavy atom. The van der Waals surface area contributed by atoms with Gasteiger partial charge >= 0.3 is 11.9 Å². The Balaban J connectivity index is 2.27. The summed E-state index contributed by atoms with van der Waals surface area (Å²) in [5.74, 6) is -1.19. The number of esters is 1. The maximum atomic E-state index is 11.4. The summed E-state index contributed by atoms with van der Waals surface area (Å²) in [7, 11) is 1.33. The third-order valence-electron chi connectivity index (χ3n) is 3.24. The molecule has 1 aliphatic rings. The molecule has 1 aromatic rings. The van der Waals surface area contributed by atoms with Crippen molar-refractivity contribution in [1.29, 1.82) is 0 Å². The minimum absolute atomic E-state index is 0.123. The van der Waals surface area contributed by atoms with Gasteiger partial charge in [0, 0.05) is 5.41 Å². The second-order valence-corrected chi connectivity index (χ2v) is 4.42. The van der Waals surface area contributed by atoms with Crippen molar-refractivity contribution in [1.82, 2.24) is 0 Å². The molecule has 0 spiro atoms. The summed E-state index contributed by atoms with van der Waals surface area (Å²) in [5, 5.41) is 8.88. The lowest BCUT2D eigenvalue weighted by atomic mass is 9.91. The van der Waals surface area contributed by atoms with Crippen LogP contribution in [0.2, 0.25) is 0 Å². The molecule has 17 heavy (non-hydrogen) atoms. The van der Waals surface area contributed by atoms with Crippen LogP contribution in [-0.2, 0) is 14.9 Å². The molecule has 2 rings (SSSR count). The largest absolute Gasteiger partial charge is 0.481 e. The number of carbonyl (C=O) groups is 2. The first-order valence-corrected chi connectivity index (χ1v) is 5.48. The van der Waals surface area contributed by atoms with Crippen LogP contribution in [0.15, 0.2) is 24.3 Å². The Morgan fingerprint density at radius 3 is 2.65 bits per heavy atom. The van der Waals surface area contributed by atoms with Gasteiger partial charge in [0.1, 0.15) is 0 Å². The number of rotatable bonds is 4. The zero-order valence-corrected chi connectivity index (χ0v) is 9.60. The van der Waals surface area contributed by atoms with Gasteiger partial charge in [0.2, 0.25) is 0 Å². The van der Waals surface area contributed by atoms with Crippen molar-refractivity contribution in [2.75, 3.05) is 7.11 Å². The van der Waals surface area contributed by atoms with Gasteiger partial charge in [-0.25, -0.2) is 4.79 Å². The van der Waals surface area contributed by atoms with E-state index in [1.807, 2.05) is 6.07 Å². The predicted octanol–water partition coefficient (Wildman–Crippen LogP) is 1.98. The molecule has 0 aliphatic heterocycles. The molecule has 4 nitrogen and oxygen atoms in total. The molecule has 0 saturated heterocycles.